The van der Waals surface area contributed by atoms with Gasteiger partial charge in [-0.1, -0.05) is 0 Å². The maximum Gasteiger partial charge on any atom is 0.308 e. The van der Waals surface area contributed by atoms with Crippen LogP contribution in [-0.4, -0.2) is 55.2 Å². The molecule has 0 amide bonds. The van der Waals surface area contributed by atoms with Crippen molar-refractivity contribution in [2.75, 3.05) is 33.3 Å². The number of carbonyl (C=O) groups is 1. The molecular weight excluding hydrogens is 298 g/mol. The van der Waals surface area contributed by atoms with E-state index in [2.05, 4.69) is 15.2 Å². The number of furan rings is 1. The van der Waals surface area contributed by atoms with Gasteiger partial charge in [0.25, 0.3) is 0 Å². The van der Waals surface area contributed by atoms with E-state index < -0.39 is 6.10 Å². The topological polar surface area (TPSA) is 87.3 Å². The summed E-state index contributed by atoms with van der Waals surface area (Å²) in [6.45, 7) is 4.45. The third-order valence-corrected chi connectivity index (χ3v) is 3.95. The van der Waals surface area contributed by atoms with E-state index in [4.69, 9.17) is 9.15 Å². The first-order chi connectivity index (χ1) is 11.2. The highest BCUT2D eigenvalue weighted by molar-refractivity contribution is 5.80. The van der Waals surface area contributed by atoms with Crippen molar-refractivity contribution in [3.8, 4) is 0 Å². The Hall–Kier alpha value is -2.02. The fourth-order valence-corrected chi connectivity index (χ4v) is 2.66. The molecule has 0 saturated carbocycles. The molecule has 7 heteroatoms. The standard InChI is InChI=1S/C16H25N3O4/c1-3-17-16(18-11-13(20)14-5-4-10-23-14)19-8-6-12(7-9-19)15(21)22-2/h4-5,10,12-13,20H,3,6-9,11H2,1-2H3,(H,17,18). The number of hydrogen-bond donors (Lipinski definition) is 2. The van der Waals surface area contributed by atoms with Gasteiger partial charge in [0.05, 0.1) is 25.8 Å². The van der Waals surface area contributed by atoms with Crippen molar-refractivity contribution in [2.24, 2.45) is 10.9 Å². The summed E-state index contributed by atoms with van der Waals surface area (Å²) in [5.74, 6) is 1.09. The van der Waals surface area contributed by atoms with Gasteiger partial charge < -0.3 is 24.5 Å². The van der Waals surface area contributed by atoms with E-state index in [1.54, 1.807) is 12.1 Å². The largest absolute Gasteiger partial charge is 0.469 e. The third kappa shape index (κ3) is 4.72. The minimum Gasteiger partial charge on any atom is -0.469 e. The smallest absolute Gasteiger partial charge is 0.308 e. The summed E-state index contributed by atoms with van der Waals surface area (Å²) in [5.41, 5.74) is 0. The summed E-state index contributed by atoms with van der Waals surface area (Å²) in [6.07, 6.45) is 2.27. The summed E-state index contributed by atoms with van der Waals surface area (Å²) in [6, 6.07) is 3.47. The first-order valence-corrected chi connectivity index (χ1v) is 7.98. The number of aliphatic hydroxyl groups is 1. The number of hydrogen-bond acceptors (Lipinski definition) is 5. The van der Waals surface area contributed by atoms with Crippen molar-refractivity contribution < 1.29 is 19.1 Å². The molecule has 1 aromatic rings. The highest BCUT2D eigenvalue weighted by Crippen LogP contribution is 2.19. The molecule has 1 atom stereocenters. The molecule has 0 radical (unpaired) electrons. The second-order valence-electron chi connectivity index (χ2n) is 5.51. The fourth-order valence-electron chi connectivity index (χ4n) is 2.66. The van der Waals surface area contributed by atoms with Crippen molar-refractivity contribution in [2.45, 2.75) is 25.9 Å². The molecule has 1 saturated heterocycles. The van der Waals surface area contributed by atoms with Crippen molar-refractivity contribution in [1.82, 2.24) is 10.2 Å². The van der Waals surface area contributed by atoms with Crippen LogP contribution in [-0.2, 0) is 9.53 Å². The van der Waals surface area contributed by atoms with E-state index in [1.165, 1.54) is 13.4 Å². The SMILES string of the molecule is CCNC(=NCC(O)c1ccco1)N1CCC(C(=O)OC)CC1. The molecular formula is C16H25N3O4. The van der Waals surface area contributed by atoms with E-state index >= 15 is 0 Å². The second-order valence-corrected chi connectivity index (χ2v) is 5.51. The molecule has 0 bridgehead atoms. The molecule has 1 unspecified atom stereocenters. The molecule has 0 aromatic carbocycles. The number of nitrogens with zero attached hydrogens (tertiary/aromatic N) is 2. The van der Waals surface area contributed by atoms with Gasteiger partial charge in [0.15, 0.2) is 5.96 Å². The zero-order chi connectivity index (χ0) is 16.7. The number of aliphatic hydroxyl groups excluding tert-OH is 1. The number of guanidine groups is 1. The quantitative estimate of drug-likeness (QED) is 0.480. The molecule has 1 aromatic heterocycles. The molecule has 1 aliphatic heterocycles. The van der Waals surface area contributed by atoms with Crippen LogP contribution < -0.4 is 5.32 Å². The minimum atomic E-state index is -0.758. The van der Waals surface area contributed by atoms with Crippen LogP contribution >= 0.6 is 0 Å². The predicted molar refractivity (Wildman–Crippen MR) is 86.0 cm³/mol. The van der Waals surface area contributed by atoms with Crippen LogP contribution in [0.25, 0.3) is 0 Å². The van der Waals surface area contributed by atoms with Crippen LogP contribution in [0.2, 0.25) is 0 Å². The molecule has 23 heavy (non-hydrogen) atoms. The molecule has 128 valence electrons. The van der Waals surface area contributed by atoms with Crippen molar-refractivity contribution in [3.63, 3.8) is 0 Å². The van der Waals surface area contributed by atoms with Gasteiger partial charge in [0, 0.05) is 19.6 Å². The molecule has 0 spiro atoms. The van der Waals surface area contributed by atoms with Gasteiger partial charge in [0.2, 0.25) is 0 Å². The number of rotatable bonds is 5. The fraction of sp³-hybridized carbons (Fsp3) is 0.625. The van der Waals surface area contributed by atoms with Gasteiger partial charge in [0.1, 0.15) is 11.9 Å². The zero-order valence-electron chi connectivity index (χ0n) is 13.7. The number of esters is 1. The van der Waals surface area contributed by atoms with Crippen LogP contribution in [0.4, 0.5) is 0 Å². The van der Waals surface area contributed by atoms with Crippen LogP contribution in [0.1, 0.15) is 31.6 Å². The lowest BCUT2D eigenvalue weighted by Crippen LogP contribution is -2.46. The Morgan fingerprint density at radius 3 is 2.87 bits per heavy atom. The Morgan fingerprint density at radius 2 is 2.30 bits per heavy atom. The normalized spacial score (nSPS) is 17.9. The van der Waals surface area contributed by atoms with Gasteiger partial charge in [-0.2, -0.15) is 0 Å². The van der Waals surface area contributed by atoms with Gasteiger partial charge in [-0.05, 0) is 31.9 Å². The summed E-state index contributed by atoms with van der Waals surface area (Å²) < 4.78 is 9.99. The lowest BCUT2D eigenvalue weighted by atomic mass is 9.97. The second kappa shape index (κ2) is 8.57. The lowest BCUT2D eigenvalue weighted by molar-refractivity contribution is -0.146. The Morgan fingerprint density at radius 1 is 1.57 bits per heavy atom. The van der Waals surface area contributed by atoms with E-state index in [-0.39, 0.29) is 18.4 Å². The molecule has 0 aliphatic carbocycles. The van der Waals surface area contributed by atoms with Crippen LogP contribution in [0.15, 0.2) is 27.8 Å². The molecule has 2 heterocycles. The number of carbonyl (C=O) groups excluding carboxylic acids is 1. The number of likely N-dealkylation sites (tertiary alicyclic amines) is 1. The van der Waals surface area contributed by atoms with Crippen LogP contribution in [0, 0.1) is 5.92 Å². The predicted octanol–water partition coefficient (Wildman–Crippen LogP) is 1.16. The van der Waals surface area contributed by atoms with Gasteiger partial charge in [-0.3, -0.25) is 4.79 Å². The molecule has 7 nitrogen and oxygen atoms in total. The average molecular weight is 323 g/mol. The maximum atomic E-state index is 11.6. The van der Waals surface area contributed by atoms with Gasteiger partial charge in [-0.25, -0.2) is 4.99 Å². The van der Waals surface area contributed by atoms with Crippen molar-refractivity contribution in [3.05, 3.63) is 24.2 Å². The summed E-state index contributed by atoms with van der Waals surface area (Å²) in [7, 11) is 1.43. The first kappa shape index (κ1) is 17.3. The Bertz CT molecular complexity index is 507. The van der Waals surface area contributed by atoms with Crippen LogP contribution in [0.5, 0.6) is 0 Å². The van der Waals surface area contributed by atoms with Gasteiger partial charge >= 0.3 is 5.97 Å². The summed E-state index contributed by atoms with van der Waals surface area (Å²) in [5, 5.41) is 13.3. The summed E-state index contributed by atoms with van der Waals surface area (Å²) >= 11 is 0. The van der Waals surface area contributed by atoms with Crippen LogP contribution in [0.3, 0.4) is 0 Å². The first-order valence-electron chi connectivity index (χ1n) is 7.98. The number of piperidine rings is 1. The monoisotopic (exact) mass is 323 g/mol. The van der Waals surface area contributed by atoms with E-state index in [0.717, 1.165) is 38.4 Å². The molecule has 1 fully saturated rings. The van der Waals surface area contributed by atoms with E-state index in [1.807, 2.05) is 6.92 Å². The average Bonchev–Trinajstić information content (AvgIpc) is 3.12. The highest BCUT2D eigenvalue weighted by Gasteiger charge is 2.27. The molecule has 1 aliphatic rings. The Balaban J connectivity index is 1.93. The number of methoxy groups -OCH3 is 1. The Labute approximate surface area is 136 Å². The lowest BCUT2D eigenvalue weighted by Gasteiger charge is -2.33. The van der Waals surface area contributed by atoms with E-state index in [0.29, 0.717) is 5.76 Å². The van der Waals surface area contributed by atoms with Gasteiger partial charge in [-0.15, -0.1) is 0 Å². The third-order valence-electron chi connectivity index (χ3n) is 3.95. The highest BCUT2D eigenvalue weighted by atomic mass is 16.5. The maximum absolute atomic E-state index is 11.6. The number of nitrogens with one attached hydrogen (secondary N) is 1. The number of aliphatic imine (C=N–C) groups is 1. The summed E-state index contributed by atoms with van der Waals surface area (Å²) in [4.78, 5) is 18.2. The zero-order valence-corrected chi connectivity index (χ0v) is 13.7. The van der Waals surface area contributed by atoms with E-state index in [9.17, 15) is 9.90 Å². The minimum absolute atomic E-state index is 0.0344. The Kier molecular flexibility index (Phi) is 6.46. The molecule has 2 N–H and O–H groups in total. The molecule has 2 rings (SSSR count). The van der Waals surface area contributed by atoms with Crippen molar-refractivity contribution in [1.29, 1.82) is 0 Å². The number of ether oxygens (including phenoxy) is 1. The van der Waals surface area contributed by atoms with Crippen molar-refractivity contribution >= 4 is 11.9 Å².